The Morgan fingerprint density at radius 3 is 2.53 bits per heavy atom. The highest BCUT2D eigenvalue weighted by molar-refractivity contribution is 5.85. The number of pyridine rings is 1. The fourth-order valence-electron chi connectivity index (χ4n) is 6.07. The molecule has 0 bridgehead atoms. The lowest BCUT2D eigenvalue weighted by molar-refractivity contribution is -0.126. The van der Waals surface area contributed by atoms with E-state index in [9.17, 15) is 4.79 Å². The maximum Gasteiger partial charge on any atom is 0.223 e. The second-order valence-corrected chi connectivity index (χ2v) is 13.1. The first-order valence-corrected chi connectivity index (χ1v) is 15.3. The van der Waals surface area contributed by atoms with Crippen LogP contribution in [-0.2, 0) is 11.2 Å². The van der Waals surface area contributed by atoms with Crippen LogP contribution in [0.15, 0.2) is 30.5 Å². The predicted molar refractivity (Wildman–Crippen MR) is 158 cm³/mol. The van der Waals surface area contributed by atoms with E-state index in [0.29, 0.717) is 0 Å². The van der Waals surface area contributed by atoms with Crippen molar-refractivity contribution >= 4 is 16.8 Å². The molecule has 38 heavy (non-hydrogen) atoms. The van der Waals surface area contributed by atoms with Gasteiger partial charge in [0.1, 0.15) is 17.4 Å². The summed E-state index contributed by atoms with van der Waals surface area (Å²) in [7, 11) is 0. The summed E-state index contributed by atoms with van der Waals surface area (Å²) in [6.45, 7) is 12.9. The minimum atomic E-state index is 0.142. The van der Waals surface area contributed by atoms with Crippen LogP contribution in [0.3, 0.4) is 0 Å². The first-order chi connectivity index (χ1) is 18.3. The number of aryl methyl sites for hydroxylation is 1. The van der Waals surface area contributed by atoms with Gasteiger partial charge in [0.2, 0.25) is 5.91 Å². The lowest BCUT2D eigenvalue weighted by Gasteiger charge is -2.36. The van der Waals surface area contributed by atoms with Crippen molar-refractivity contribution in [2.45, 2.75) is 104 Å². The molecule has 1 aliphatic heterocycles. The summed E-state index contributed by atoms with van der Waals surface area (Å²) in [4.78, 5) is 19.9. The minimum absolute atomic E-state index is 0.142. The SMILES string of the molecule is CCCCCCc1cc(OC2CCN(CC3CCC(C(=O)NCC(C)(C)C)CC3)CC2)c2ncccc2c1. The van der Waals surface area contributed by atoms with E-state index < -0.39 is 0 Å². The number of hydrogen-bond acceptors (Lipinski definition) is 4. The van der Waals surface area contributed by atoms with Gasteiger partial charge < -0.3 is 15.0 Å². The summed E-state index contributed by atoms with van der Waals surface area (Å²) < 4.78 is 6.63. The van der Waals surface area contributed by atoms with Crippen LogP contribution in [0.5, 0.6) is 5.75 Å². The molecule has 2 heterocycles. The third-order valence-corrected chi connectivity index (χ3v) is 8.40. The molecule has 5 heteroatoms. The maximum atomic E-state index is 12.6. The Hall–Kier alpha value is -2.14. The third-order valence-electron chi connectivity index (χ3n) is 8.40. The first-order valence-electron chi connectivity index (χ1n) is 15.3. The Bertz CT molecular complexity index is 1010. The molecule has 1 aliphatic carbocycles. The monoisotopic (exact) mass is 521 g/mol. The Morgan fingerprint density at radius 2 is 1.82 bits per heavy atom. The molecule has 2 aliphatic rings. The second kappa shape index (κ2) is 13.8. The number of hydrogen-bond donors (Lipinski definition) is 1. The molecule has 5 nitrogen and oxygen atoms in total. The molecular weight excluding hydrogens is 470 g/mol. The number of unbranched alkanes of at least 4 members (excludes halogenated alkanes) is 3. The number of nitrogens with zero attached hydrogens (tertiary/aromatic N) is 2. The molecule has 1 N–H and O–H groups in total. The average Bonchev–Trinajstić information content (AvgIpc) is 2.91. The van der Waals surface area contributed by atoms with Gasteiger partial charge in [-0.3, -0.25) is 9.78 Å². The summed E-state index contributed by atoms with van der Waals surface area (Å²) in [5, 5.41) is 4.37. The smallest absolute Gasteiger partial charge is 0.223 e. The molecule has 2 fully saturated rings. The normalized spacial score (nSPS) is 21.5. The summed E-state index contributed by atoms with van der Waals surface area (Å²) >= 11 is 0. The van der Waals surface area contributed by atoms with Gasteiger partial charge in [0, 0.05) is 43.7 Å². The van der Waals surface area contributed by atoms with Gasteiger partial charge >= 0.3 is 0 Å². The van der Waals surface area contributed by atoms with Crippen LogP contribution in [0.4, 0.5) is 0 Å². The van der Waals surface area contributed by atoms with Gasteiger partial charge in [-0.1, -0.05) is 53.0 Å². The van der Waals surface area contributed by atoms with Gasteiger partial charge in [-0.05, 0) is 86.5 Å². The number of piperidine rings is 1. The Labute approximate surface area is 231 Å². The van der Waals surface area contributed by atoms with E-state index in [2.05, 4.69) is 61.1 Å². The molecule has 210 valence electrons. The van der Waals surface area contributed by atoms with E-state index in [0.717, 1.165) is 68.9 Å². The highest BCUT2D eigenvalue weighted by atomic mass is 16.5. The summed E-state index contributed by atoms with van der Waals surface area (Å²) in [6.07, 6.45) is 14.9. The number of fused-ring (bicyclic) bond motifs is 1. The zero-order chi connectivity index (χ0) is 27.0. The number of carbonyl (C=O) groups excluding carboxylic acids is 1. The van der Waals surface area contributed by atoms with E-state index in [-0.39, 0.29) is 23.3 Å². The van der Waals surface area contributed by atoms with Gasteiger partial charge in [-0.2, -0.15) is 0 Å². The molecule has 1 aromatic heterocycles. The van der Waals surface area contributed by atoms with Crippen molar-refractivity contribution in [1.82, 2.24) is 15.2 Å². The third kappa shape index (κ3) is 8.69. The number of ether oxygens (including phenoxy) is 1. The van der Waals surface area contributed by atoms with Gasteiger partial charge in [0.25, 0.3) is 0 Å². The number of aromatic nitrogens is 1. The van der Waals surface area contributed by atoms with Crippen molar-refractivity contribution < 1.29 is 9.53 Å². The van der Waals surface area contributed by atoms with Crippen molar-refractivity contribution in [2.24, 2.45) is 17.3 Å². The van der Waals surface area contributed by atoms with Crippen molar-refractivity contribution in [2.75, 3.05) is 26.2 Å². The largest absolute Gasteiger partial charge is 0.488 e. The first kappa shape index (κ1) is 28.9. The van der Waals surface area contributed by atoms with E-state index in [1.54, 1.807) is 0 Å². The number of carbonyl (C=O) groups is 1. The van der Waals surface area contributed by atoms with Crippen molar-refractivity contribution in [3.05, 3.63) is 36.0 Å². The minimum Gasteiger partial charge on any atom is -0.488 e. The highest BCUT2D eigenvalue weighted by Gasteiger charge is 2.29. The molecule has 0 atom stereocenters. The van der Waals surface area contributed by atoms with Crippen molar-refractivity contribution in [3.8, 4) is 5.75 Å². The van der Waals surface area contributed by atoms with E-state index in [4.69, 9.17) is 4.74 Å². The number of nitrogens with one attached hydrogen (secondary N) is 1. The van der Waals surface area contributed by atoms with Gasteiger partial charge in [0.15, 0.2) is 0 Å². The van der Waals surface area contributed by atoms with Crippen LogP contribution in [-0.4, -0.2) is 48.1 Å². The predicted octanol–water partition coefficient (Wildman–Crippen LogP) is 7.17. The number of benzene rings is 1. The number of amides is 1. The summed E-state index contributed by atoms with van der Waals surface area (Å²) in [6, 6.07) is 8.74. The van der Waals surface area contributed by atoms with Crippen LogP contribution >= 0.6 is 0 Å². The van der Waals surface area contributed by atoms with Gasteiger partial charge in [0.05, 0.1) is 0 Å². The lowest BCUT2D eigenvalue weighted by Crippen LogP contribution is -2.42. The van der Waals surface area contributed by atoms with Gasteiger partial charge in [-0.15, -0.1) is 0 Å². The van der Waals surface area contributed by atoms with Crippen LogP contribution in [0, 0.1) is 17.3 Å². The molecule has 0 unspecified atom stereocenters. The molecule has 0 radical (unpaired) electrons. The Morgan fingerprint density at radius 1 is 1.05 bits per heavy atom. The van der Waals surface area contributed by atoms with Crippen LogP contribution in [0.25, 0.3) is 10.9 Å². The fourth-order valence-corrected chi connectivity index (χ4v) is 6.07. The molecule has 1 saturated heterocycles. The average molecular weight is 522 g/mol. The lowest BCUT2D eigenvalue weighted by atomic mass is 9.81. The van der Waals surface area contributed by atoms with Crippen molar-refractivity contribution in [3.63, 3.8) is 0 Å². The molecule has 2 aromatic rings. The molecular formula is C33H51N3O2. The Kier molecular flexibility index (Phi) is 10.5. The standard InChI is InChI=1S/C33H51N3O2/c1-5-6-7-8-10-26-21-28-11-9-18-34-31(28)30(22-26)38-29-16-19-36(20-17-29)23-25-12-14-27(15-13-25)32(37)35-24-33(2,3)4/h9,11,18,21-22,25,27,29H,5-8,10,12-17,19-20,23-24H2,1-4H3,(H,35,37). The van der Waals surface area contributed by atoms with Crippen LogP contribution < -0.4 is 10.1 Å². The topological polar surface area (TPSA) is 54.5 Å². The fraction of sp³-hybridized carbons (Fsp3) is 0.697. The van der Waals surface area contributed by atoms with E-state index >= 15 is 0 Å². The van der Waals surface area contributed by atoms with E-state index in [1.165, 1.54) is 56.0 Å². The molecule has 4 rings (SSSR count). The summed E-state index contributed by atoms with van der Waals surface area (Å²) in [5.41, 5.74) is 2.51. The molecule has 1 amide bonds. The van der Waals surface area contributed by atoms with Crippen molar-refractivity contribution in [1.29, 1.82) is 0 Å². The van der Waals surface area contributed by atoms with Gasteiger partial charge in [-0.25, -0.2) is 0 Å². The van der Waals surface area contributed by atoms with Crippen LogP contribution in [0.1, 0.15) is 97.5 Å². The molecule has 0 spiro atoms. The van der Waals surface area contributed by atoms with E-state index in [1.807, 2.05) is 12.3 Å². The number of likely N-dealkylation sites (tertiary alicyclic amines) is 1. The number of rotatable bonds is 11. The quantitative estimate of drug-likeness (QED) is 0.319. The Balaban J connectivity index is 1.23. The highest BCUT2D eigenvalue weighted by Crippen LogP contribution is 2.32. The summed E-state index contributed by atoms with van der Waals surface area (Å²) in [5.74, 6) is 2.16. The molecule has 1 aromatic carbocycles. The zero-order valence-electron chi connectivity index (χ0n) is 24.4. The maximum absolute atomic E-state index is 12.6. The molecule has 1 saturated carbocycles. The van der Waals surface area contributed by atoms with Crippen LogP contribution in [0.2, 0.25) is 0 Å². The second-order valence-electron chi connectivity index (χ2n) is 13.1. The zero-order valence-corrected chi connectivity index (χ0v) is 24.4.